The summed E-state index contributed by atoms with van der Waals surface area (Å²) >= 11 is 5.83. The molecule has 4 heteroatoms. The van der Waals surface area contributed by atoms with Gasteiger partial charge in [0, 0.05) is 23.0 Å². The van der Waals surface area contributed by atoms with E-state index in [1.54, 1.807) is 12.1 Å². The van der Waals surface area contributed by atoms with Crippen molar-refractivity contribution in [3.05, 3.63) is 64.7 Å². The van der Waals surface area contributed by atoms with Gasteiger partial charge in [-0.05, 0) is 23.8 Å². The van der Waals surface area contributed by atoms with Crippen LogP contribution in [0.5, 0.6) is 5.75 Å². The lowest BCUT2D eigenvalue weighted by Gasteiger charge is -2.10. The van der Waals surface area contributed by atoms with Gasteiger partial charge in [-0.1, -0.05) is 41.9 Å². The summed E-state index contributed by atoms with van der Waals surface area (Å²) in [5, 5.41) is 3.66. The molecule has 108 valence electrons. The second kappa shape index (κ2) is 6.19. The molecule has 0 radical (unpaired) electrons. The monoisotopic (exact) mass is 301 g/mol. The van der Waals surface area contributed by atoms with Gasteiger partial charge < -0.3 is 10.1 Å². The number of ether oxygens (including phenoxy) is 1. The molecule has 1 unspecified atom stereocenters. The van der Waals surface area contributed by atoms with Crippen LogP contribution in [-0.4, -0.2) is 19.1 Å². The summed E-state index contributed by atoms with van der Waals surface area (Å²) in [5.41, 5.74) is 2.13. The van der Waals surface area contributed by atoms with Crippen LogP contribution in [0.1, 0.15) is 17.0 Å². The van der Waals surface area contributed by atoms with Crippen LogP contribution >= 0.6 is 11.6 Å². The molecule has 0 saturated heterocycles. The van der Waals surface area contributed by atoms with Gasteiger partial charge in [0.25, 0.3) is 0 Å². The summed E-state index contributed by atoms with van der Waals surface area (Å²) in [4.78, 5) is 12.0. The first kappa shape index (κ1) is 14.0. The molecule has 0 fully saturated rings. The van der Waals surface area contributed by atoms with Crippen molar-refractivity contribution in [2.24, 2.45) is 0 Å². The molecular formula is C17H16ClNO2. The minimum atomic E-state index is 0.0155. The number of fused-ring (bicyclic) bond motifs is 1. The number of carbonyl (C=O) groups excluding carboxylic acids is 1. The Morgan fingerprint density at radius 3 is 2.76 bits per heavy atom. The van der Waals surface area contributed by atoms with E-state index in [1.165, 1.54) is 5.56 Å². The molecule has 1 amide bonds. The number of carbonyl (C=O) groups is 1. The first-order valence-electron chi connectivity index (χ1n) is 6.95. The normalized spacial score (nSPS) is 16.1. The first-order valence-corrected chi connectivity index (χ1v) is 7.33. The zero-order chi connectivity index (χ0) is 14.7. The smallest absolute Gasteiger partial charge is 0.224 e. The van der Waals surface area contributed by atoms with E-state index < -0.39 is 0 Å². The molecule has 1 heterocycles. The number of hydrogen-bond acceptors (Lipinski definition) is 2. The maximum atomic E-state index is 12.0. The Balaban J connectivity index is 1.54. The van der Waals surface area contributed by atoms with Crippen molar-refractivity contribution < 1.29 is 9.53 Å². The van der Waals surface area contributed by atoms with Crippen LogP contribution in [-0.2, 0) is 11.2 Å². The lowest BCUT2D eigenvalue weighted by atomic mass is 10.0. The first-order chi connectivity index (χ1) is 10.2. The van der Waals surface area contributed by atoms with Crippen LogP contribution in [0.3, 0.4) is 0 Å². The lowest BCUT2D eigenvalue weighted by Crippen LogP contribution is -2.30. The highest BCUT2D eigenvalue weighted by atomic mass is 35.5. The van der Waals surface area contributed by atoms with Gasteiger partial charge in [-0.3, -0.25) is 4.79 Å². The Kier molecular flexibility index (Phi) is 4.11. The Morgan fingerprint density at radius 1 is 1.19 bits per heavy atom. The second-order valence-electron chi connectivity index (χ2n) is 5.15. The molecule has 21 heavy (non-hydrogen) atoms. The van der Waals surface area contributed by atoms with E-state index in [1.807, 2.05) is 30.3 Å². The number of rotatable bonds is 4. The third-order valence-electron chi connectivity index (χ3n) is 3.62. The summed E-state index contributed by atoms with van der Waals surface area (Å²) in [6.07, 6.45) is 0.367. The van der Waals surface area contributed by atoms with Gasteiger partial charge in [0.05, 0.1) is 13.0 Å². The molecule has 3 rings (SSSR count). The number of para-hydroxylation sites is 1. The van der Waals surface area contributed by atoms with Crippen LogP contribution < -0.4 is 10.1 Å². The van der Waals surface area contributed by atoms with Gasteiger partial charge in [0.2, 0.25) is 5.91 Å². The van der Waals surface area contributed by atoms with Crippen molar-refractivity contribution in [1.29, 1.82) is 0 Å². The van der Waals surface area contributed by atoms with Gasteiger partial charge in [-0.15, -0.1) is 0 Å². The summed E-state index contributed by atoms with van der Waals surface area (Å²) in [7, 11) is 0. The van der Waals surface area contributed by atoms with E-state index in [0.29, 0.717) is 24.6 Å². The van der Waals surface area contributed by atoms with E-state index in [0.717, 1.165) is 11.3 Å². The minimum absolute atomic E-state index is 0.0155. The highest BCUT2D eigenvalue weighted by Crippen LogP contribution is 2.32. The molecular weight excluding hydrogens is 286 g/mol. The topological polar surface area (TPSA) is 38.3 Å². The van der Waals surface area contributed by atoms with Crippen molar-refractivity contribution >= 4 is 17.5 Å². The second-order valence-corrected chi connectivity index (χ2v) is 5.59. The largest absolute Gasteiger partial charge is 0.493 e. The number of amides is 1. The highest BCUT2D eigenvalue weighted by molar-refractivity contribution is 6.30. The number of hydrogen-bond donors (Lipinski definition) is 1. The maximum absolute atomic E-state index is 12.0. The van der Waals surface area contributed by atoms with Crippen LogP contribution in [0.2, 0.25) is 5.02 Å². The van der Waals surface area contributed by atoms with Gasteiger partial charge >= 0.3 is 0 Å². The Bertz CT molecular complexity index is 639. The van der Waals surface area contributed by atoms with Crippen LogP contribution in [0.25, 0.3) is 0 Å². The molecule has 2 aromatic rings. The molecule has 0 bridgehead atoms. The van der Waals surface area contributed by atoms with Crippen LogP contribution in [0, 0.1) is 0 Å². The molecule has 0 aliphatic carbocycles. The molecule has 1 atom stereocenters. The average molecular weight is 302 g/mol. The summed E-state index contributed by atoms with van der Waals surface area (Å²) in [6, 6.07) is 15.3. The molecule has 3 nitrogen and oxygen atoms in total. The standard InChI is InChI=1S/C17H16ClNO2/c18-14-7-5-12(6-8-14)9-17(20)19-10-13-11-21-16-4-2-1-3-15(13)16/h1-8,13H,9-11H2,(H,19,20). The number of nitrogens with one attached hydrogen (secondary N) is 1. The third-order valence-corrected chi connectivity index (χ3v) is 3.87. The van der Waals surface area contributed by atoms with E-state index in [9.17, 15) is 4.79 Å². The Labute approximate surface area is 128 Å². The number of benzene rings is 2. The fourth-order valence-electron chi connectivity index (χ4n) is 2.49. The van der Waals surface area contributed by atoms with Crippen molar-refractivity contribution in [3.63, 3.8) is 0 Å². The summed E-state index contributed by atoms with van der Waals surface area (Å²) < 4.78 is 5.61. The van der Waals surface area contributed by atoms with E-state index in [4.69, 9.17) is 16.3 Å². The maximum Gasteiger partial charge on any atom is 0.224 e. The molecule has 0 aromatic heterocycles. The zero-order valence-corrected chi connectivity index (χ0v) is 12.3. The molecule has 1 aliphatic heterocycles. The minimum Gasteiger partial charge on any atom is -0.493 e. The zero-order valence-electron chi connectivity index (χ0n) is 11.5. The predicted octanol–water partition coefficient (Wildman–Crippen LogP) is 3.17. The van der Waals surface area contributed by atoms with Gasteiger partial charge in [0.15, 0.2) is 0 Å². The van der Waals surface area contributed by atoms with Gasteiger partial charge in [-0.2, -0.15) is 0 Å². The molecule has 0 saturated carbocycles. The lowest BCUT2D eigenvalue weighted by molar-refractivity contribution is -0.120. The summed E-state index contributed by atoms with van der Waals surface area (Å²) in [6.45, 7) is 1.23. The number of halogens is 1. The fraction of sp³-hybridized carbons (Fsp3) is 0.235. The van der Waals surface area contributed by atoms with Crippen molar-refractivity contribution in [1.82, 2.24) is 5.32 Å². The molecule has 2 aromatic carbocycles. The predicted molar refractivity (Wildman–Crippen MR) is 82.8 cm³/mol. The van der Waals surface area contributed by atoms with Crippen molar-refractivity contribution in [3.8, 4) is 5.75 Å². The van der Waals surface area contributed by atoms with Gasteiger partial charge in [-0.25, -0.2) is 0 Å². The summed E-state index contributed by atoms with van der Waals surface area (Å²) in [5.74, 6) is 1.17. The van der Waals surface area contributed by atoms with Crippen LogP contribution in [0.15, 0.2) is 48.5 Å². The van der Waals surface area contributed by atoms with E-state index >= 15 is 0 Å². The quantitative estimate of drug-likeness (QED) is 0.942. The third kappa shape index (κ3) is 3.37. The van der Waals surface area contributed by atoms with Crippen molar-refractivity contribution in [2.45, 2.75) is 12.3 Å². The van der Waals surface area contributed by atoms with Crippen LogP contribution in [0.4, 0.5) is 0 Å². The van der Waals surface area contributed by atoms with Gasteiger partial charge in [0.1, 0.15) is 5.75 Å². The highest BCUT2D eigenvalue weighted by Gasteiger charge is 2.23. The SMILES string of the molecule is O=C(Cc1ccc(Cl)cc1)NCC1COc2ccccc21. The van der Waals surface area contributed by atoms with E-state index in [2.05, 4.69) is 11.4 Å². The molecule has 0 spiro atoms. The van der Waals surface area contributed by atoms with E-state index in [-0.39, 0.29) is 11.8 Å². The average Bonchev–Trinajstić information content (AvgIpc) is 2.91. The van der Waals surface area contributed by atoms with Crippen molar-refractivity contribution in [2.75, 3.05) is 13.2 Å². The molecule has 1 N–H and O–H groups in total. The molecule has 1 aliphatic rings. The Morgan fingerprint density at radius 2 is 1.95 bits per heavy atom. The fourth-order valence-corrected chi connectivity index (χ4v) is 2.61. The Hall–Kier alpha value is -2.00.